The Hall–Kier alpha value is -3.01. The average Bonchev–Trinajstić information content (AvgIpc) is 2.93. The molecule has 0 amide bonds. The smallest absolute Gasteiger partial charge is 0.311 e. The lowest BCUT2D eigenvalue weighted by atomic mass is 9.74. The molecule has 0 bridgehead atoms. The molecule has 3 aromatic rings. The van der Waals surface area contributed by atoms with Crippen molar-refractivity contribution in [3.8, 4) is 11.5 Å². The van der Waals surface area contributed by atoms with E-state index < -0.39 is 23.2 Å². The van der Waals surface area contributed by atoms with Crippen LogP contribution in [0.3, 0.4) is 0 Å². The minimum Gasteiger partial charge on any atom is -0.497 e. The second-order valence-corrected chi connectivity index (χ2v) is 9.90. The third kappa shape index (κ3) is 6.17. The number of carbonyl (C=O) groups excluding carboxylic acids is 1. The van der Waals surface area contributed by atoms with Crippen molar-refractivity contribution in [1.82, 2.24) is 9.88 Å². The van der Waals surface area contributed by atoms with E-state index in [9.17, 15) is 18.7 Å². The molecule has 0 radical (unpaired) electrons. The summed E-state index contributed by atoms with van der Waals surface area (Å²) in [5, 5.41) is 12.2. The fraction of sp³-hybridized carbons (Fsp3) is 0.429. The summed E-state index contributed by atoms with van der Waals surface area (Å²) in [7, 11) is 2.93. The molecule has 1 unspecified atom stereocenters. The molecule has 1 aliphatic heterocycles. The molecule has 2 aromatic carbocycles. The molecule has 1 aliphatic rings. The number of benzene rings is 2. The molecule has 1 N–H and O–H groups in total. The predicted octanol–water partition coefficient (Wildman–Crippen LogP) is 5.32. The molecular weight excluding hydrogens is 518 g/mol. The first-order chi connectivity index (χ1) is 18.3. The molecule has 1 saturated heterocycles. The fourth-order valence-electron chi connectivity index (χ4n) is 5.04. The van der Waals surface area contributed by atoms with Crippen molar-refractivity contribution >= 4 is 28.5 Å². The number of fused-ring (bicyclic) bond motifs is 1. The number of rotatable bonds is 10. The highest BCUT2D eigenvalue weighted by molar-refractivity contribution is 6.32. The molecule has 0 saturated carbocycles. The Morgan fingerprint density at radius 1 is 1.18 bits per heavy atom. The van der Waals surface area contributed by atoms with E-state index in [2.05, 4.69) is 9.88 Å². The number of halogens is 3. The molecule has 38 heavy (non-hydrogen) atoms. The first-order valence-electron chi connectivity index (χ1n) is 12.4. The third-order valence-corrected chi connectivity index (χ3v) is 7.59. The minimum atomic E-state index is -0.922. The summed E-state index contributed by atoms with van der Waals surface area (Å²) < 4.78 is 43.1. The van der Waals surface area contributed by atoms with Gasteiger partial charge in [-0.15, -0.1) is 0 Å². The normalized spacial score (nSPS) is 16.3. The molecule has 10 heteroatoms. The maximum Gasteiger partial charge on any atom is 0.311 e. The monoisotopic (exact) mass is 548 g/mol. The number of piperidine rings is 1. The van der Waals surface area contributed by atoms with Gasteiger partial charge in [0.15, 0.2) is 11.6 Å². The van der Waals surface area contributed by atoms with Gasteiger partial charge in [0, 0.05) is 29.8 Å². The number of esters is 1. The van der Waals surface area contributed by atoms with Crippen molar-refractivity contribution < 1.29 is 32.9 Å². The van der Waals surface area contributed by atoms with Gasteiger partial charge in [0.2, 0.25) is 0 Å². The van der Waals surface area contributed by atoms with Crippen LogP contribution in [-0.2, 0) is 9.53 Å². The number of likely N-dealkylation sites (tertiary alicyclic amines) is 1. The second-order valence-electron chi connectivity index (χ2n) is 9.49. The standard InChI is InChI=1S/C28H31ClF2N2O5/c1-36-19-4-6-23-20(16-19)26(21(29)17-32-23)24(34)7-8-28(27(35)37-2)9-11-33(12-10-28)13-14-38-25-15-18(30)3-5-22(25)31/h3-6,15-17,24,34H,7-14H2,1-2H3. The second kappa shape index (κ2) is 12.2. The van der Waals surface area contributed by atoms with Crippen LogP contribution in [0, 0.1) is 17.0 Å². The van der Waals surface area contributed by atoms with Gasteiger partial charge in [0.1, 0.15) is 18.2 Å². The number of nitrogens with zero attached hydrogens (tertiary/aromatic N) is 2. The Labute approximate surface area is 225 Å². The molecule has 2 heterocycles. The molecular formula is C28H31ClF2N2O5. The fourth-order valence-corrected chi connectivity index (χ4v) is 5.32. The van der Waals surface area contributed by atoms with Gasteiger partial charge in [-0.1, -0.05) is 11.6 Å². The van der Waals surface area contributed by atoms with Crippen molar-refractivity contribution in [2.75, 3.05) is 40.5 Å². The van der Waals surface area contributed by atoms with Crippen LogP contribution >= 0.6 is 11.6 Å². The number of methoxy groups -OCH3 is 2. The van der Waals surface area contributed by atoms with E-state index in [1.807, 2.05) is 0 Å². The number of hydrogen-bond acceptors (Lipinski definition) is 7. The topological polar surface area (TPSA) is 81.1 Å². The SMILES string of the molecule is COC(=O)C1(CCC(O)c2c(Cl)cnc3ccc(OC)cc23)CCN(CCOc2cc(F)ccc2F)CC1. The third-order valence-electron chi connectivity index (χ3n) is 7.29. The zero-order chi connectivity index (χ0) is 27.3. The summed E-state index contributed by atoms with van der Waals surface area (Å²) in [6.07, 6.45) is 2.35. The predicted molar refractivity (Wildman–Crippen MR) is 139 cm³/mol. The van der Waals surface area contributed by atoms with Crippen molar-refractivity contribution in [3.05, 3.63) is 64.8 Å². The highest BCUT2D eigenvalue weighted by Crippen LogP contribution is 2.41. The molecule has 1 fully saturated rings. The van der Waals surface area contributed by atoms with Crippen LogP contribution in [0.1, 0.15) is 37.4 Å². The minimum absolute atomic E-state index is 0.125. The molecule has 0 spiro atoms. The van der Waals surface area contributed by atoms with E-state index in [-0.39, 0.29) is 18.3 Å². The summed E-state index contributed by atoms with van der Waals surface area (Å²) in [4.78, 5) is 19.3. The van der Waals surface area contributed by atoms with E-state index in [1.54, 1.807) is 25.3 Å². The Bertz CT molecular complexity index is 1280. The van der Waals surface area contributed by atoms with Crippen LogP contribution in [0.5, 0.6) is 11.5 Å². The van der Waals surface area contributed by atoms with Gasteiger partial charge in [-0.05, 0) is 69.1 Å². The van der Waals surface area contributed by atoms with E-state index in [0.29, 0.717) is 72.6 Å². The summed E-state index contributed by atoms with van der Waals surface area (Å²) in [6.45, 7) is 1.87. The van der Waals surface area contributed by atoms with Gasteiger partial charge < -0.3 is 19.3 Å². The quantitative estimate of drug-likeness (QED) is 0.343. The number of aliphatic hydroxyl groups is 1. The Morgan fingerprint density at radius 2 is 1.95 bits per heavy atom. The first kappa shape index (κ1) is 28.0. The van der Waals surface area contributed by atoms with Crippen LogP contribution in [0.25, 0.3) is 10.9 Å². The maximum absolute atomic E-state index is 13.8. The molecule has 7 nitrogen and oxygen atoms in total. The highest BCUT2D eigenvalue weighted by Gasteiger charge is 2.42. The number of pyridine rings is 1. The van der Waals surface area contributed by atoms with Crippen molar-refractivity contribution in [1.29, 1.82) is 0 Å². The summed E-state index contributed by atoms with van der Waals surface area (Å²) in [5.41, 5.74) is 0.477. The number of aliphatic hydroxyl groups excluding tert-OH is 1. The lowest BCUT2D eigenvalue weighted by Crippen LogP contribution is -2.46. The lowest BCUT2D eigenvalue weighted by molar-refractivity contribution is -0.157. The largest absolute Gasteiger partial charge is 0.497 e. The maximum atomic E-state index is 13.8. The van der Waals surface area contributed by atoms with Gasteiger partial charge in [-0.2, -0.15) is 0 Å². The summed E-state index contributed by atoms with van der Waals surface area (Å²) in [5.74, 6) is -0.995. The van der Waals surface area contributed by atoms with Crippen LogP contribution in [0.2, 0.25) is 5.02 Å². The van der Waals surface area contributed by atoms with Gasteiger partial charge in [0.05, 0.1) is 36.3 Å². The number of ether oxygens (including phenoxy) is 3. The summed E-state index contributed by atoms with van der Waals surface area (Å²) in [6, 6.07) is 8.48. The Kier molecular flexibility index (Phi) is 9.02. The van der Waals surface area contributed by atoms with E-state index in [4.69, 9.17) is 25.8 Å². The molecule has 0 aliphatic carbocycles. The first-order valence-corrected chi connectivity index (χ1v) is 12.8. The van der Waals surface area contributed by atoms with E-state index >= 15 is 0 Å². The highest BCUT2D eigenvalue weighted by atomic mass is 35.5. The molecule has 4 rings (SSSR count). The molecule has 204 valence electrons. The lowest BCUT2D eigenvalue weighted by Gasteiger charge is -2.40. The van der Waals surface area contributed by atoms with Crippen molar-refractivity contribution in [2.24, 2.45) is 5.41 Å². The van der Waals surface area contributed by atoms with Crippen molar-refractivity contribution in [2.45, 2.75) is 31.8 Å². The van der Waals surface area contributed by atoms with E-state index in [0.717, 1.165) is 18.2 Å². The van der Waals surface area contributed by atoms with E-state index in [1.165, 1.54) is 13.3 Å². The summed E-state index contributed by atoms with van der Waals surface area (Å²) >= 11 is 6.45. The van der Waals surface area contributed by atoms with Crippen LogP contribution in [0.15, 0.2) is 42.6 Å². The van der Waals surface area contributed by atoms with Crippen molar-refractivity contribution in [3.63, 3.8) is 0 Å². The number of hydrogen-bond donors (Lipinski definition) is 1. The zero-order valence-corrected chi connectivity index (χ0v) is 22.1. The van der Waals surface area contributed by atoms with Crippen LogP contribution in [-0.4, -0.2) is 61.4 Å². The average molecular weight is 549 g/mol. The Morgan fingerprint density at radius 3 is 2.66 bits per heavy atom. The van der Waals surface area contributed by atoms with Crippen LogP contribution < -0.4 is 9.47 Å². The molecule has 1 atom stereocenters. The van der Waals surface area contributed by atoms with Gasteiger partial charge in [-0.3, -0.25) is 14.7 Å². The number of carbonyl (C=O) groups is 1. The molecule has 1 aromatic heterocycles. The Balaban J connectivity index is 1.40. The van der Waals surface area contributed by atoms with Crippen LogP contribution in [0.4, 0.5) is 8.78 Å². The van der Waals surface area contributed by atoms with Gasteiger partial charge in [0.25, 0.3) is 0 Å². The van der Waals surface area contributed by atoms with Gasteiger partial charge in [-0.25, -0.2) is 8.78 Å². The number of aromatic nitrogens is 1. The zero-order valence-electron chi connectivity index (χ0n) is 21.4. The van der Waals surface area contributed by atoms with Gasteiger partial charge >= 0.3 is 5.97 Å².